The molecule has 142 valence electrons. The fraction of sp³-hybridized carbons (Fsp3) is 0.200. The summed E-state index contributed by atoms with van der Waals surface area (Å²) in [5, 5.41) is 11.0. The van der Waals surface area contributed by atoms with E-state index in [1.165, 1.54) is 0 Å². The van der Waals surface area contributed by atoms with Crippen molar-refractivity contribution in [2.24, 2.45) is 7.05 Å². The molecule has 0 saturated heterocycles. The van der Waals surface area contributed by atoms with Gasteiger partial charge in [0.2, 0.25) is 17.6 Å². The maximum absolute atomic E-state index is 12.6. The number of amides is 1. The van der Waals surface area contributed by atoms with Crippen molar-refractivity contribution in [1.29, 1.82) is 0 Å². The Labute approximate surface area is 166 Å². The lowest BCUT2D eigenvalue weighted by Crippen LogP contribution is -2.31. The lowest BCUT2D eigenvalue weighted by Gasteiger charge is -2.19. The summed E-state index contributed by atoms with van der Waals surface area (Å²) >= 11 is 1.57. The Kier molecular flexibility index (Phi) is 5.29. The minimum atomic E-state index is -0.322. The van der Waals surface area contributed by atoms with Crippen molar-refractivity contribution in [2.75, 3.05) is 0 Å². The van der Waals surface area contributed by atoms with Gasteiger partial charge in [-0.1, -0.05) is 35.5 Å². The van der Waals surface area contributed by atoms with E-state index in [0.717, 1.165) is 17.0 Å². The highest BCUT2D eigenvalue weighted by Crippen LogP contribution is 2.21. The average Bonchev–Trinajstić information content (AvgIpc) is 3.47. The van der Waals surface area contributed by atoms with Crippen LogP contribution in [-0.4, -0.2) is 25.6 Å². The van der Waals surface area contributed by atoms with Gasteiger partial charge in [-0.25, -0.2) is 4.98 Å². The fourth-order valence-corrected chi connectivity index (χ4v) is 3.55. The van der Waals surface area contributed by atoms with Crippen LogP contribution < -0.4 is 5.32 Å². The van der Waals surface area contributed by atoms with Crippen LogP contribution in [0.1, 0.15) is 29.7 Å². The highest BCUT2D eigenvalue weighted by Gasteiger charge is 2.21. The molecule has 0 spiro atoms. The molecule has 1 N–H and O–H groups in total. The molecule has 28 heavy (non-hydrogen) atoms. The van der Waals surface area contributed by atoms with E-state index < -0.39 is 0 Å². The predicted molar refractivity (Wildman–Crippen MR) is 106 cm³/mol. The predicted octanol–water partition coefficient (Wildman–Crippen LogP) is 3.37. The summed E-state index contributed by atoms with van der Waals surface area (Å²) in [6, 6.07) is 11.4. The fourth-order valence-electron chi connectivity index (χ4n) is 2.92. The van der Waals surface area contributed by atoms with Crippen LogP contribution >= 0.6 is 11.3 Å². The van der Waals surface area contributed by atoms with Crippen molar-refractivity contribution in [3.8, 4) is 11.4 Å². The van der Waals surface area contributed by atoms with Crippen LogP contribution in [-0.2, 0) is 18.3 Å². The lowest BCUT2D eigenvalue weighted by atomic mass is 10.1. The maximum atomic E-state index is 12.6. The van der Waals surface area contributed by atoms with Gasteiger partial charge in [-0.15, -0.1) is 0 Å². The zero-order chi connectivity index (χ0) is 19.3. The molecule has 3 aromatic heterocycles. The Morgan fingerprint density at radius 2 is 2.14 bits per heavy atom. The van der Waals surface area contributed by atoms with Gasteiger partial charge in [-0.2, -0.15) is 16.3 Å². The van der Waals surface area contributed by atoms with Crippen LogP contribution in [0.4, 0.5) is 0 Å². The highest BCUT2D eigenvalue weighted by atomic mass is 32.1. The number of aromatic nitrogens is 4. The normalized spacial score (nSPS) is 12.0. The van der Waals surface area contributed by atoms with E-state index >= 15 is 0 Å². The van der Waals surface area contributed by atoms with Crippen LogP contribution in [0.15, 0.2) is 64.1 Å². The number of hydrogen-bond donors (Lipinski definition) is 1. The molecule has 0 radical (unpaired) electrons. The van der Waals surface area contributed by atoms with Gasteiger partial charge in [0, 0.05) is 43.2 Å². The molecule has 8 heteroatoms. The standard InChI is InChI=1S/C20H19N5O2S/c1-25-11-10-21-20(25)18(14-5-3-2-4-6-14)22-16(26)7-8-17-23-19(24-27-17)15-9-12-28-13-15/h2-6,9-13,18H,7-8H2,1H3,(H,22,26)/t18-/m1/s1. The SMILES string of the molecule is Cn1ccnc1[C@H](NC(=O)CCc1nc(-c2ccsc2)no1)c1ccccc1. The van der Waals surface area contributed by atoms with Crippen molar-refractivity contribution >= 4 is 17.2 Å². The number of imidazole rings is 1. The summed E-state index contributed by atoms with van der Waals surface area (Å²) in [5.41, 5.74) is 1.89. The molecule has 4 rings (SSSR count). The third-order valence-electron chi connectivity index (χ3n) is 4.37. The molecule has 1 aromatic carbocycles. The number of carbonyl (C=O) groups excluding carboxylic acids is 1. The average molecular weight is 393 g/mol. The summed E-state index contributed by atoms with van der Waals surface area (Å²) in [7, 11) is 1.91. The summed E-state index contributed by atoms with van der Waals surface area (Å²) in [6.45, 7) is 0. The van der Waals surface area contributed by atoms with Crippen molar-refractivity contribution < 1.29 is 9.32 Å². The molecule has 0 bridgehead atoms. The monoisotopic (exact) mass is 393 g/mol. The smallest absolute Gasteiger partial charge is 0.227 e. The van der Waals surface area contributed by atoms with E-state index in [1.807, 2.05) is 65.0 Å². The Bertz CT molecular complexity index is 1040. The van der Waals surface area contributed by atoms with Gasteiger partial charge in [0.1, 0.15) is 11.9 Å². The largest absolute Gasteiger partial charge is 0.342 e. The van der Waals surface area contributed by atoms with Crippen LogP contribution in [0.5, 0.6) is 0 Å². The molecule has 0 aliphatic heterocycles. The number of aryl methyl sites for hydroxylation is 2. The number of thiophene rings is 1. The molecule has 0 saturated carbocycles. The number of benzene rings is 1. The molecule has 0 aliphatic carbocycles. The lowest BCUT2D eigenvalue weighted by molar-refractivity contribution is -0.121. The number of carbonyl (C=O) groups is 1. The van der Waals surface area contributed by atoms with Gasteiger partial charge in [-0.05, 0) is 17.0 Å². The summed E-state index contributed by atoms with van der Waals surface area (Å²) in [5.74, 6) is 1.67. The summed E-state index contributed by atoms with van der Waals surface area (Å²) in [4.78, 5) is 21.4. The number of nitrogens with zero attached hydrogens (tertiary/aromatic N) is 4. The summed E-state index contributed by atoms with van der Waals surface area (Å²) in [6.07, 6.45) is 4.22. The minimum absolute atomic E-state index is 0.105. The second-order valence-electron chi connectivity index (χ2n) is 6.33. The first-order valence-corrected chi connectivity index (χ1v) is 9.81. The first-order chi connectivity index (χ1) is 13.7. The minimum Gasteiger partial charge on any atom is -0.342 e. The van der Waals surface area contributed by atoms with E-state index in [1.54, 1.807) is 17.5 Å². The van der Waals surface area contributed by atoms with Gasteiger partial charge in [0.15, 0.2) is 0 Å². The molecular weight excluding hydrogens is 374 g/mol. The number of hydrogen-bond acceptors (Lipinski definition) is 6. The van der Waals surface area contributed by atoms with E-state index in [2.05, 4.69) is 20.4 Å². The van der Waals surface area contributed by atoms with Gasteiger partial charge in [-0.3, -0.25) is 4.79 Å². The van der Waals surface area contributed by atoms with Gasteiger partial charge < -0.3 is 14.4 Å². The molecule has 3 heterocycles. The quantitative estimate of drug-likeness (QED) is 0.520. The first-order valence-electron chi connectivity index (χ1n) is 8.87. The van der Waals surface area contributed by atoms with Crippen molar-refractivity contribution in [3.63, 3.8) is 0 Å². The Morgan fingerprint density at radius 3 is 2.86 bits per heavy atom. The second-order valence-corrected chi connectivity index (χ2v) is 7.11. The molecule has 7 nitrogen and oxygen atoms in total. The summed E-state index contributed by atoms with van der Waals surface area (Å²) < 4.78 is 7.17. The van der Waals surface area contributed by atoms with E-state index in [4.69, 9.17) is 4.52 Å². The van der Waals surface area contributed by atoms with Crippen LogP contribution in [0.3, 0.4) is 0 Å². The van der Waals surface area contributed by atoms with Gasteiger partial charge >= 0.3 is 0 Å². The van der Waals surface area contributed by atoms with Crippen LogP contribution in [0.25, 0.3) is 11.4 Å². The Balaban J connectivity index is 1.43. The van der Waals surface area contributed by atoms with Crippen LogP contribution in [0.2, 0.25) is 0 Å². The van der Waals surface area contributed by atoms with E-state index in [0.29, 0.717) is 18.1 Å². The zero-order valence-corrected chi connectivity index (χ0v) is 16.1. The van der Waals surface area contributed by atoms with Gasteiger partial charge in [0.25, 0.3) is 0 Å². The topological polar surface area (TPSA) is 85.8 Å². The van der Waals surface area contributed by atoms with Crippen LogP contribution in [0, 0.1) is 0 Å². The molecule has 4 aromatic rings. The highest BCUT2D eigenvalue weighted by molar-refractivity contribution is 7.08. The molecule has 1 amide bonds. The third kappa shape index (κ3) is 4.01. The molecule has 1 atom stereocenters. The molecule has 0 fully saturated rings. The zero-order valence-electron chi connectivity index (χ0n) is 15.3. The van der Waals surface area contributed by atoms with Crippen molar-refractivity contribution in [3.05, 3.63) is 76.8 Å². The number of nitrogens with one attached hydrogen (secondary N) is 1. The third-order valence-corrected chi connectivity index (χ3v) is 5.05. The molecular formula is C20H19N5O2S. The van der Waals surface area contributed by atoms with E-state index in [-0.39, 0.29) is 18.4 Å². The Morgan fingerprint density at radius 1 is 1.29 bits per heavy atom. The van der Waals surface area contributed by atoms with Crippen molar-refractivity contribution in [1.82, 2.24) is 25.0 Å². The Hall–Kier alpha value is -3.26. The maximum Gasteiger partial charge on any atom is 0.227 e. The second kappa shape index (κ2) is 8.18. The first kappa shape index (κ1) is 18.1. The molecule has 0 aliphatic rings. The van der Waals surface area contributed by atoms with E-state index in [9.17, 15) is 4.79 Å². The van der Waals surface area contributed by atoms with Gasteiger partial charge in [0.05, 0.1) is 0 Å². The molecule has 0 unspecified atom stereocenters. The number of rotatable bonds is 7. The van der Waals surface area contributed by atoms with Crippen molar-refractivity contribution in [2.45, 2.75) is 18.9 Å².